The van der Waals surface area contributed by atoms with Crippen LogP contribution in [-0.4, -0.2) is 13.2 Å². The molecule has 0 atom stereocenters. The summed E-state index contributed by atoms with van der Waals surface area (Å²) in [7, 11) is 0. The van der Waals surface area contributed by atoms with Gasteiger partial charge in [0.2, 0.25) is 0 Å². The lowest BCUT2D eigenvalue weighted by Crippen LogP contribution is -2.13. The van der Waals surface area contributed by atoms with Crippen LogP contribution >= 0.6 is 0 Å². The smallest absolute Gasteiger partial charge is 0.127 e. The van der Waals surface area contributed by atoms with Crippen molar-refractivity contribution in [3.63, 3.8) is 0 Å². The van der Waals surface area contributed by atoms with E-state index in [1.807, 2.05) is 6.07 Å². The summed E-state index contributed by atoms with van der Waals surface area (Å²) in [4.78, 5) is 0. The summed E-state index contributed by atoms with van der Waals surface area (Å²) in [6.07, 6.45) is 9.61. The van der Waals surface area contributed by atoms with E-state index in [2.05, 4.69) is 19.1 Å². The molecule has 0 amide bonds. The van der Waals surface area contributed by atoms with Crippen LogP contribution in [0.5, 0.6) is 0 Å². The fourth-order valence-electron chi connectivity index (χ4n) is 3.09. The largest absolute Gasteiger partial charge is 0.377 e. The van der Waals surface area contributed by atoms with Crippen molar-refractivity contribution in [1.29, 1.82) is 5.26 Å². The van der Waals surface area contributed by atoms with Crippen LogP contribution in [0.3, 0.4) is 0 Å². The van der Waals surface area contributed by atoms with Crippen molar-refractivity contribution in [3.8, 4) is 6.07 Å². The first-order valence-electron chi connectivity index (χ1n) is 8.18. The molecule has 1 aliphatic carbocycles. The molecule has 1 aliphatic rings. The van der Waals surface area contributed by atoms with Gasteiger partial charge < -0.3 is 4.74 Å². The highest BCUT2D eigenvalue weighted by Crippen LogP contribution is 2.37. The van der Waals surface area contributed by atoms with E-state index >= 15 is 0 Å². The predicted molar refractivity (Wildman–Crippen MR) is 86.1 cm³/mol. The van der Waals surface area contributed by atoms with Gasteiger partial charge in [0, 0.05) is 6.61 Å². The molecule has 1 aromatic carbocycles. The maximum Gasteiger partial charge on any atom is 0.127 e. The Kier molecular flexibility index (Phi) is 6.61. The van der Waals surface area contributed by atoms with E-state index in [9.17, 15) is 4.39 Å². The van der Waals surface area contributed by atoms with Crippen molar-refractivity contribution in [2.45, 2.75) is 44.9 Å². The number of benzene rings is 1. The SMILES string of the molecule is CCCOCC=C[C@H]1CC[C@H](c2ccc(C#N)cc2F)CC1. The monoisotopic (exact) mass is 301 g/mol. The molecule has 1 saturated carbocycles. The fourth-order valence-corrected chi connectivity index (χ4v) is 3.09. The maximum absolute atomic E-state index is 14.1. The van der Waals surface area contributed by atoms with Crippen molar-refractivity contribution in [2.24, 2.45) is 5.92 Å². The Morgan fingerprint density at radius 3 is 2.73 bits per heavy atom. The standard InChI is InChI=1S/C19H24FNO/c1-2-11-22-12-3-4-15-5-8-17(9-6-15)18-10-7-16(14-21)13-19(18)20/h3-4,7,10,13,15,17H,2,5-6,8-9,11-12H2,1H3/t15-,17-. The number of allylic oxidation sites excluding steroid dienone is 1. The van der Waals surface area contributed by atoms with Crippen LogP contribution < -0.4 is 0 Å². The number of hydrogen-bond donors (Lipinski definition) is 0. The van der Waals surface area contributed by atoms with Gasteiger partial charge in [0.05, 0.1) is 18.2 Å². The van der Waals surface area contributed by atoms with E-state index in [0.717, 1.165) is 44.3 Å². The lowest BCUT2D eigenvalue weighted by molar-refractivity contribution is 0.162. The topological polar surface area (TPSA) is 33.0 Å². The first kappa shape index (κ1) is 16.7. The molecule has 0 heterocycles. The second-order valence-corrected chi connectivity index (χ2v) is 5.96. The second kappa shape index (κ2) is 8.70. The van der Waals surface area contributed by atoms with Crippen molar-refractivity contribution < 1.29 is 9.13 Å². The van der Waals surface area contributed by atoms with Gasteiger partial charge in [0.15, 0.2) is 0 Å². The van der Waals surface area contributed by atoms with E-state index in [0.29, 0.717) is 18.1 Å². The van der Waals surface area contributed by atoms with Crippen LogP contribution in [0.15, 0.2) is 30.4 Å². The van der Waals surface area contributed by atoms with Crippen LogP contribution in [0.1, 0.15) is 56.1 Å². The van der Waals surface area contributed by atoms with Crippen LogP contribution in [-0.2, 0) is 4.74 Å². The Balaban J connectivity index is 1.83. The average Bonchev–Trinajstić information content (AvgIpc) is 2.55. The minimum atomic E-state index is -0.231. The van der Waals surface area contributed by atoms with Crippen LogP contribution in [0.4, 0.5) is 4.39 Å². The summed E-state index contributed by atoms with van der Waals surface area (Å²) in [5.41, 5.74) is 1.16. The molecule has 1 aromatic rings. The van der Waals surface area contributed by atoms with Gasteiger partial charge in [0.1, 0.15) is 5.82 Å². The van der Waals surface area contributed by atoms with Gasteiger partial charge in [-0.05, 0) is 61.6 Å². The molecule has 22 heavy (non-hydrogen) atoms. The summed E-state index contributed by atoms with van der Waals surface area (Å²) >= 11 is 0. The molecule has 0 saturated heterocycles. The minimum Gasteiger partial charge on any atom is -0.377 e. The molecule has 0 aromatic heterocycles. The molecule has 0 aliphatic heterocycles. The Morgan fingerprint density at radius 2 is 2.09 bits per heavy atom. The summed E-state index contributed by atoms with van der Waals surface area (Å²) < 4.78 is 19.5. The first-order valence-corrected chi connectivity index (χ1v) is 8.18. The quantitative estimate of drug-likeness (QED) is 0.550. The second-order valence-electron chi connectivity index (χ2n) is 5.96. The lowest BCUT2D eigenvalue weighted by atomic mass is 9.78. The molecule has 2 nitrogen and oxygen atoms in total. The number of ether oxygens (including phenoxy) is 1. The molecule has 0 N–H and O–H groups in total. The number of nitriles is 1. The van der Waals surface area contributed by atoms with Gasteiger partial charge in [-0.15, -0.1) is 0 Å². The number of rotatable bonds is 6. The van der Waals surface area contributed by atoms with E-state index in [1.165, 1.54) is 6.07 Å². The third-order valence-electron chi connectivity index (χ3n) is 4.31. The molecule has 118 valence electrons. The molecule has 0 unspecified atom stereocenters. The summed E-state index contributed by atoms with van der Waals surface area (Å²) in [6.45, 7) is 3.61. The van der Waals surface area contributed by atoms with Crippen LogP contribution in [0.2, 0.25) is 0 Å². The Labute approximate surface area is 132 Å². The highest BCUT2D eigenvalue weighted by molar-refractivity contribution is 5.34. The number of halogens is 1. The van der Waals surface area contributed by atoms with E-state index in [1.54, 1.807) is 12.1 Å². The maximum atomic E-state index is 14.1. The van der Waals surface area contributed by atoms with Crippen molar-refractivity contribution >= 4 is 0 Å². The summed E-state index contributed by atoms with van der Waals surface area (Å²) in [5.74, 6) is 0.641. The minimum absolute atomic E-state index is 0.231. The Morgan fingerprint density at radius 1 is 1.32 bits per heavy atom. The van der Waals surface area contributed by atoms with Crippen molar-refractivity contribution in [3.05, 3.63) is 47.3 Å². The van der Waals surface area contributed by atoms with E-state index in [-0.39, 0.29) is 11.7 Å². The molecule has 0 spiro atoms. The molecule has 2 rings (SSSR count). The lowest BCUT2D eigenvalue weighted by Gasteiger charge is -2.27. The van der Waals surface area contributed by atoms with Gasteiger partial charge >= 0.3 is 0 Å². The third kappa shape index (κ3) is 4.68. The molecular weight excluding hydrogens is 277 g/mol. The van der Waals surface area contributed by atoms with Crippen LogP contribution in [0, 0.1) is 23.1 Å². The summed E-state index contributed by atoms with van der Waals surface area (Å²) in [6, 6.07) is 6.84. The van der Waals surface area contributed by atoms with Gasteiger partial charge in [-0.2, -0.15) is 5.26 Å². The van der Waals surface area contributed by atoms with Gasteiger partial charge in [0.25, 0.3) is 0 Å². The molecular formula is C19H24FNO. The normalized spacial score (nSPS) is 21.9. The zero-order valence-electron chi connectivity index (χ0n) is 13.2. The highest BCUT2D eigenvalue weighted by Gasteiger charge is 2.23. The predicted octanol–water partition coefficient (Wildman–Crippen LogP) is 4.95. The van der Waals surface area contributed by atoms with Gasteiger partial charge in [-0.1, -0.05) is 25.1 Å². The average molecular weight is 301 g/mol. The summed E-state index contributed by atoms with van der Waals surface area (Å²) in [5, 5.41) is 8.80. The zero-order chi connectivity index (χ0) is 15.8. The first-order chi connectivity index (χ1) is 10.7. The van der Waals surface area contributed by atoms with Gasteiger partial charge in [-0.3, -0.25) is 0 Å². The molecule has 0 radical (unpaired) electrons. The van der Waals surface area contributed by atoms with E-state index < -0.39 is 0 Å². The zero-order valence-corrected chi connectivity index (χ0v) is 13.2. The molecule has 1 fully saturated rings. The number of nitrogens with zero attached hydrogens (tertiary/aromatic N) is 1. The Bertz CT molecular complexity index is 539. The molecule has 0 bridgehead atoms. The van der Waals surface area contributed by atoms with E-state index in [4.69, 9.17) is 10.00 Å². The molecule has 3 heteroatoms. The van der Waals surface area contributed by atoms with Crippen molar-refractivity contribution in [1.82, 2.24) is 0 Å². The van der Waals surface area contributed by atoms with Crippen molar-refractivity contribution in [2.75, 3.05) is 13.2 Å². The van der Waals surface area contributed by atoms with Crippen LogP contribution in [0.25, 0.3) is 0 Å². The van der Waals surface area contributed by atoms with Gasteiger partial charge in [-0.25, -0.2) is 4.39 Å². The fraction of sp³-hybridized carbons (Fsp3) is 0.526. The highest BCUT2D eigenvalue weighted by atomic mass is 19.1. The number of hydrogen-bond acceptors (Lipinski definition) is 2. The Hall–Kier alpha value is -1.66. The third-order valence-corrected chi connectivity index (χ3v) is 4.31.